The molecule has 0 bridgehead atoms. The van der Waals surface area contributed by atoms with Gasteiger partial charge in [-0.3, -0.25) is 4.79 Å². The zero-order chi connectivity index (χ0) is 15.2. The molecule has 1 aliphatic rings. The number of hydrogen-bond acceptors (Lipinski definition) is 3. The van der Waals surface area contributed by atoms with E-state index in [1.165, 1.54) is 0 Å². The number of rotatable bonds is 5. The topological polar surface area (TPSA) is 55.6 Å². The van der Waals surface area contributed by atoms with Crippen molar-refractivity contribution in [1.82, 2.24) is 4.90 Å². The highest BCUT2D eigenvalue weighted by Gasteiger charge is 2.26. The molecule has 0 aromatic heterocycles. The highest BCUT2D eigenvalue weighted by atomic mass is 79.9. The first-order chi connectivity index (χ1) is 10.1. The second-order valence-electron chi connectivity index (χ2n) is 5.63. The first-order valence-corrected chi connectivity index (χ1v) is 8.29. The van der Waals surface area contributed by atoms with Gasteiger partial charge in [0.05, 0.1) is 6.61 Å². The Morgan fingerprint density at radius 2 is 2.33 bits per heavy atom. The van der Waals surface area contributed by atoms with Gasteiger partial charge >= 0.3 is 0 Å². The van der Waals surface area contributed by atoms with Gasteiger partial charge in [-0.25, -0.2) is 0 Å². The number of amides is 1. The van der Waals surface area contributed by atoms with Crippen LogP contribution in [0.2, 0.25) is 0 Å². The average molecular weight is 355 g/mol. The third-order valence-electron chi connectivity index (χ3n) is 3.84. The molecule has 2 N–H and O–H groups in total. The molecule has 5 heteroatoms. The molecule has 1 aliphatic heterocycles. The molecule has 2 rings (SSSR count). The molecule has 21 heavy (non-hydrogen) atoms. The minimum atomic E-state index is 0.215. The second kappa shape index (κ2) is 7.80. The van der Waals surface area contributed by atoms with Crippen LogP contribution in [-0.2, 0) is 4.79 Å². The van der Waals surface area contributed by atoms with Crippen molar-refractivity contribution in [3.63, 3.8) is 0 Å². The van der Waals surface area contributed by atoms with Gasteiger partial charge in [-0.1, -0.05) is 22.0 Å². The van der Waals surface area contributed by atoms with Gasteiger partial charge in [0.25, 0.3) is 0 Å². The first-order valence-electron chi connectivity index (χ1n) is 7.49. The zero-order valence-corrected chi connectivity index (χ0v) is 14.0. The lowest BCUT2D eigenvalue weighted by molar-refractivity contribution is -0.134. The van der Waals surface area contributed by atoms with Gasteiger partial charge in [0.15, 0.2) is 0 Å². The Kier molecular flexibility index (Phi) is 6.06. The third kappa shape index (κ3) is 5.00. The minimum Gasteiger partial charge on any atom is -0.494 e. The summed E-state index contributed by atoms with van der Waals surface area (Å²) in [5, 5.41) is 0. The molecule has 1 heterocycles. The van der Waals surface area contributed by atoms with Crippen LogP contribution in [0.25, 0.3) is 0 Å². The van der Waals surface area contributed by atoms with Crippen LogP contribution in [0.3, 0.4) is 0 Å². The maximum atomic E-state index is 12.2. The summed E-state index contributed by atoms with van der Waals surface area (Å²) in [7, 11) is 0. The number of benzene rings is 1. The Bertz CT molecular complexity index is 481. The number of ether oxygens (including phenoxy) is 1. The third-order valence-corrected chi connectivity index (χ3v) is 4.33. The van der Waals surface area contributed by atoms with Crippen LogP contribution in [0.4, 0.5) is 0 Å². The smallest absolute Gasteiger partial charge is 0.222 e. The summed E-state index contributed by atoms with van der Waals surface area (Å²) >= 11 is 3.41. The Labute approximate surface area is 134 Å². The summed E-state index contributed by atoms with van der Waals surface area (Å²) in [5.41, 5.74) is 5.92. The fraction of sp³-hybridized carbons (Fsp3) is 0.562. The van der Waals surface area contributed by atoms with Crippen molar-refractivity contribution in [3.05, 3.63) is 28.7 Å². The van der Waals surface area contributed by atoms with Gasteiger partial charge < -0.3 is 15.4 Å². The number of halogens is 1. The van der Waals surface area contributed by atoms with Crippen molar-refractivity contribution < 1.29 is 9.53 Å². The summed E-state index contributed by atoms with van der Waals surface area (Å²) in [4.78, 5) is 14.2. The summed E-state index contributed by atoms with van der Waals surface area (Å²) in [6, 6.07) is 8.23. The highest BCUT2D eigenvalue weighted by Crippen LogP contribution is 2.19. The average Bonchev–Trinajstić information content (AvgIpc) is 2.43. The minimum absolute atomic E-state index is 0.215. The van der Waals surface area contributed by atoms with Crippen LogP contribution in [0.1, 0.15) is 32.6 Å². The largest absolute Gasteiger partial charge is 0.494 e. The van der Waals surface area contributed by atoms with Gasteiger partial charge in [-0.2, -0.15) is 0 Å². The van der Waals surface area contributed by atoms with Crippen LogP contribution >= 0.6 is 15.9 Å². The molecule has 116 valence electrons. The summed E-state index contributed by atoms with van der Waals surface area (Å²) in [5.74, 6) is 1.04. The van der Waals surface area contributed by atoms with Crippen LogP contribution < -0.4 is 10.5 Å². The molecule has 4 nitrogen and oxygen atoms in total. The lowest BCUT2D eigenvalue weighted by atomic mass is 9.98. The lowest BCUT2D eigenvalue weighted by Crippen LogP contribution is -2.48. The molecule has 1 aromatic carbocycles. The van der Waals surface area contributed by atoms with E-state index >= 15 is 0 Å². The second-order valence-corrected chi connectivity index (χ2v) is 6.55. The summed E-state index contributed by atoms with van der Waals surface area (Å²) in [6.07, 6.45) is 3.08. The number of hydrogen-bond donors (Lipinski definition) is 1. The zero-order valence-electron chi connectivity index (χ0n) is 12.4. The number of piperidine rings is 1. The number of carbonyl (C=O) groups excluding carboxylic acids is 1. The van der Waals surface area contributed by atoms with E-state index in [2.05, 4.69) is 22.9 Å². The first kappa shape index (κ1) is 16.3. The lowest BCUT2D eigenvalue weighted by Gasteiger charge is -2.36. The van der Waals surface area contributed by atoms with Gasteiger partial charge in [0.1, 0.15) is 5.75 Å². The maximum Gasteiger partial charge on any atom is 0.222 e. The van der Waals surface area contributed by atoms with E-state index in [-0.39, 0.29) is 18.0 Å². The van der Waals surface area contributed by atoms with E-state index in [4.69, 9.17) is 10.5 Å². The van der Waals surface area contributed by atoms with Crippen molar-refractivity contribution >= 4 is 21.8 Å². The fourth-order valence-corrected chi connectivity index (χ4v) is 3.07. The summed E-state index contributed by atoms with van der Waals surface area (Å²) in [6.45, 7) is 3.42. The molecule has 1 amide bonds. The molecule has 0 unspecified atom stereocenters. The number of nitrogens with zero attached hydrogens (tertiary/aromatic N) is 1. The monoisotopic (exact) mass is 354 g/mol. The standard InChI is InChI=1S/C16H23BrN2O2/c1-12-10-14(18)7-8-19(12)16(20)6-3-9-21-15-5-2-4-13(17)11-15/h2,4-5,11-12,14H,3,6-10,18H2,1H3/t12-,14-/m1/s1. The Hall–Kier alpha value is -1.07. The number of carbonyl (C=O) groups is 1. The van der Waals surface area contributed by atoms with Gasteiger partial charge in [-0.15, -0.1) is 0 Å². The Morgan fingerprint density at radius 1 is 1.52 bits per heavy atom. The normalized spacial score (nSPS) is 22.1. The molecular formula is C16H23BrN2O2. The Balaban J connectivity index is 1.70. The number of nitrogens with two attached hydrogens (primary N) is 1. The van der Waals surface area contributed by atoms with Gasteiger partial charge in [0.2, 0.25) is 5.91 Å². The maximum absolute atomic E-state index is 12.2. The van der Waals surface area contributed by atoms with E-state index in [9.17, 15) is 4.79 Å². The van der Waals surface area contributed by atoms with E-state index in [0.29, 0.717) is 13.0 Å². The molecule has 0 radical (unpaired) electrons. The van der Waals surface area contributed by atoms with E-state index in [1.807, 2.05) is 29.2 Å². The predicted octanol–water partition coefficient (Wildman–Crippen LogP) is 2.95. The van der Waals surface area contributed by atoms with Gasteiger partial charge in [-0.05, 0) is 44.4 Å². The fourth-order valence-electron chi connectivity index (χ4n) is 2.69. The van der Waals surface area contributed by atoms with Crippen molar-refractivity contribution in [3.8, 4) is 5.75 Å². The van der Waals surface area contributed by atoms with Crippen LogP contribution in [0.15, 0.2) is 28.7 Å². The van der Waals surface area contributed by atoms with Crippen LogP contribution in [0.5, 0.6) is 5.75 Å². The van der Waals surface area contributed by atoms with E-state index < -0.39 is 0 Å². The van der Waals surface area contributed by atoms with Crippen LogP contribution in [0, 0.1) is 0 Å². The Morgan fingerprint density at radius 3 is 3.05 bits per heavy atom. The number of likely N-dealkylation sites (tertiary alicyclic amines) is 1. The quantitative estimate of drug-likeness (QED) is 0.827. The van der Waals surface area contributed by atoms with Crippen molar-refractivity contribution in [2.45, 2.75) is 44.7 Å². The molecule has 0 spiro atoms. The molecule has 1 fully saturated rings. The molecule has 0 saturated carbocycles. The SMILES string of the molecule is C[C@@H]1C[C@H](N)CCN1C(=O)CCCOc1cccc(Br)c1. The molecule has 2 atom stereocenters. The van der Waals surface area contributed by atoms with Crippen molar-refractivity contribution in [2.24, 2.45) is 5.73 Å². The van der Waals surface area contributed by atoms with E-state index in [0.717, 1.165) is 36.0 Å². The van der Waals surface area contributed by atoms with Crippen molar-refractivity contribution in [1.29, 1.82) is 0 Å². The van der Waals surface area contributed by atoms with Crippen LogP contribution in [-0.4, -0.2) is 36.0 Å². The molecular weight excluding hydrogens is 332 g/mol. The molecule has 1 saturated heterocycles. The molecule has 1 aromatic rings. The highest BCUT2D eigenvalue weighted by molar-refractivity contribution is 9.10. The van der Waals surface area contributed by atoms with Crippen molar-refractivity contribution in [2.75, 3.05) is 13.2 Å². The summed E-state index contributed by atoms with van der Waals surface area (Å²) < 4.78 is 6.64. The van der Waals surface area contributed by atoms with Gasteiger partial charge in [0, 0.05) is 29.5 Å². The van der Waals surface area contributed by atoms with E-state index in [1.54, 1.807) is 0 Å². The predicted molar refractivity (Wildman–Crippen MR) is 87.3 cm³/mol. The molecule has 0 aliphatic carbocycles.